The fraction of sp³-hybridized carbons (Fsp3) is 0.625. The van der Waals surface area contributed by atoms with Crippen molar-refractivity contribution in [1.29, 1.82) is 0 Å². The molecular formula is C16H30Cl2N2O3. The SMILES string of the molecule is CCOc1ccc(CNCCNCC(C)O)cc1OCC.Cl.Cl. The normalized spacial score (nSPS) is 11.1. The van der Waals surface area contributed by atoms with Crippen LogP contribution in [0, 0.1) is 0 Å². The Morgan fingerprint density at radius 1 is 1.00 bits per heavy atom. The van der Waals surface area contributed by atoms with Gasteiger partial charge in [0.1, 0.15) is 0 Å². The lowest BCUT2D eigenvalue weighted by molar-refractivity contribution is 0.191. The number of aliphatic hydroxyl groups is 1. The van der Waals surface area contributed by atoms with Crippen molar-refractivity contribution in [3.8, 4) is 11.5 Å². The molecule has 0 spiro atoms. The van der Waals surface area contributed by atoms with Gasteiger partial charge in [-0.15, -0.1) is 24.8 Å². The van der Waals surface area contributed by atoms with Gasteiger partial charge in [0.2, 0.25) is 0 Å². The largest absolute Gasteiger partial charge is 0.490 e. The fourth-order valence-corrected chi connectivity index (χ4v) is 1.93. The number of hydrogen-bond donors (Lipinski definition) is 3. The summed E-state index contributed by atoms with van der Waals surface area (Å²) in [7, 11) is 0. The summed E-state index contributed by atoms with van der Waals surface area (Å²) in [5.74, 6) is 1.59. The smallest absolute Gasteiger partial charge is 0.161 e. The van der Waals surface area contributed by atoms with Crippen molar-refractivity contribution >= 4 is 24.8 Å². The summed E-state index contributed by atoms with van der Waals surface area (Å²) in [6.07, 6.45) is -0.301. The van der Waals surface area contributed by atoms with Crippen LogP contribution in [-0.2, 0) is 6.54 Å². The molecule has 1 unspecified atom stereocenters. The molecule has 7 heteroatoms. The van der Waals surface area contributed by atoms with Gasteiger partial charge in [-0.25, -0.2) is 0 Å². The molecule has 5 nitrogen and oxygen atoms in total. The highest BCUT2D eigenvalue weighted by atomic mass is 35.5. The number of nitrogens with one attached hydrogen (secondary N) is 2. The molecule has 0 fully saturated rings. The Hall–Kier alpha value is -0.720. The Morgan fingerprint density at radius 2 is 1.61 bits per heavy atom. The second-order valence-corrected chi connectivity index (χ2v) is 4.88. The van der Waals surface area contributed by atoms with Crippen molar-refractivity contribution in [2.24, 2.45) is 0 Å². The third-order valence-electron chi connectivity index (χ3n) is 2.86. The summed E-state index contributed by atoms with van der Waals surface area (Å²) >= 11 is 0. The monoisotopic (exact) mass is 368 g/mol. The van der Waals surface area contributed by atoms with E-state index >= 15 is 0 Å². The molecule has 1 atom stereocenters. The number of halogens is 2. The lowest BCUT2D eigenvalue weighted by atomic mass is 10.2. The van der Waals surface area contributed by atoms with E-state index in [2.05, 4.69) is 10.6 Å². The number of aliphatic hydroxyl groups excluding tert-OH is 1. The fourth-order valence-electron chi connectivity index (χ4n) is 1.93. The highest BCUT2D eigenvalue weighted by Gasteiger charge is 2.05. The summed E-state index contributed by atoms with van der Waals surface area (Å²) in [5, 5.41) is 15.7. The molecule has 0 amide bonds. The number of rotatable bonds is 11. The van der Waals surface area contributed by atoms with Crippen LogP contribution in [0.15, 0.2) is 18.2 Å². The zero-order chi connectivity index (χ0) is 15.5. The molecule has 0 aliphatic carbocycles. The van der Waals surface area contributed by atoms with Crippen LogP contribution in [0.3, 0.4) is 0 Å². The molecule has 0 saturated carbocycles. The minimum Gasteiger partial charge on any atom is -0.490 e. The zero-order valence-corrected chi connectivity index (χ0v) is 15.8. The third-order valence-corrected chi connectivity index (χ3v) is 2.86. The average Bonchev–Trinajstić information content (AvgIpc) is 2.45. The Morgan fingerprint density at radius 3 is 2.22 bits per heavy atom. The Labute approximate surface area is 152 Å². The quantitative estimate of drug-likeness (QED) is 0.523. The van der Waals surface area contributed by atoms with E-state index in [1.54, 1.807) is 6.92 Å². The minimum absolute atomic E-state index is 0. The summed E-state index contributed by atoms with van der Waals surface area (Å²) in [5.41, 5.74) is 1.16. The maximum absolute atomic E-state index is 9.13. The first kappa shape index (κ1) is 24.5. The first-order valence-electron chi connectivity index (χ1n) is 7.65. The maximum atomic E-state index is 9.13. The van der Waals surface area contributed by atoms with Crippen molar-refractivity contribution in [2.75, 3.05) is 32.8 Å². The first-order valence-corrected chi connectivity index (χ1v) is 7.65. The molecule has 0 aliphatic heterocycles. The molecule has 0 aromatic heterocycles. The second kappa shape index (κ2) is 14.8. The van der Waals surface area contributed by atoms with E-state index in [-0.39, 0.29) is 30.9 Å². The Balaban J connectivity index is 0. The van der Waals surface area contributed by atoms with Gasteiger partial charge in [-0.2, -0.15) is 0 Å². The lowest BCUT2D eigenvalue weighted by Crippen LogP contribution is -2.31. The standard InChI is InChI=1S/C16H28N2O3.2ClH/c1-4-20-15-7-6-14(10-16(15)21-5-2)12-18-9-8-17-11-13(3)19;;/h6-7,10,13,17-19H,4-5,8-9,11-12H2,1-3H3;2*1H. The van der Waals surface area contributed by atoms with Gasteiger partial charge in [0.05, 0.1) is 19.3 Å². The van der Waals surface area contributed by atoms with E-state index in [1.807, 2.05) is 32.0 Å². The van der Waals surface area contributed by atoms with Gasteiger partial charge in [0.15, 0.2) is 11.5 Å². The molecule has 0 bridgehead atoms. The van der Waals surface area contributed by atoms with Crippen LogP contribution in [0.2, 0.25) is 0 Å². The topological polar surface area (TPSA) is 62.8 Å². The summed E-state index contributed by atoms with van der Waals surface area (Å²) in [6, 6.07) is 6.02. The van der Waals surface area contributed by atoms with E-state index in [1.165, 1.54) is 0 Å². The highest BCUT2D eigenvalue weighted by Crippen LogP contribution is 2.28. The van der Waals surface area contributed by atoms with Crippen molar-refractivity contribution in [2.45, 2.75) is 33.4 Å². The molecule has 1 aromatic carbocycles. The van der Waals surface area contributed by atoms with Crippen LogP contribution in [0.4, 0.5) is 0 Å². The van der Waals surface area contributed by atoms with Crippen molar-refractivity contribution in [1.82, 2.24) is 10.6 Å². The van der Waals surface area contributed by atoms with Crippen LogP contribution >= 0.6 is 24.8 Å². The van der Waals surface area contributed by atoms with E-state index in [0.717, 1.165) is 36.7 Å². The summed E-state index contributed by atoms with van der Waals surface area (Å²) < 4.78 is 11.2. The van der Waals surface area contributed by atoms with Crippen LogP contribution in [0.1, 0.15) is 26.3 Å². The van der Waals surface area contributed by atoms with E-state index in [4.69, 9.17) is 14.6 Å². The molecule has 0 aliphatic rings. The summed E-state index contributed by atoms with van der Waals surface area (Å²) in [4.78, 5) is 0. The molecule has 1 aromatic rings. The van der Waals surface area contributed by atoms with Crippen molar-refractivity contribution in [3.63, 3.8) is 0 Å². The van der Waals surface area contributed by atoms with E-state index < -0.39 is 0 Å². The number of ether oxygens (including phenoxy) is 2. The van der Waals surface area contributed by atoms with Crippen LogP contribution in [-0.4, -0.2) is 44.1 Å². The lowest BCUT2D eigenvalue weighted by Gasteiger charge is -2.13. The zero-order valence-electron chi connectivity index (χ0n) is 14.1. The Bertz CT molecular complexity index is 407. The molecule has 0 saturated heterocycles. The van der Waals surface area contributed by atoms with Crippen LogP contribution < -0.4 is 20.1 Å². The minimum atomic E-state index is -0.301. The van der Waals surface area contributed by atoms with Crippen LogP contribution in [0.25, 0.3) is 0 Å². The molecule has 1 rings (SSSR count). The maximum Gasteiger partial charge on any atom is 0.161 e. The first-order chi connectivity index (χ1) is 10.2. The van der Waals surface area contributed by atoms with Gasteiger partial charge in [-0.05, 0) is 38.5 Å². The molecule has 3 N–H and O–H groups in total. The van der Waals surface area contributed by atoms with E-state index in [9.17, 15) is 0 Å². The molecular weight excluding hydrogens is 339 g/mol. The molecule has 23 heavy (non-hydrogen) atoms. The van der Waals surface area contributed by atoms with Gasteiger partial charge in [-0.3, -0.25) is 0 Å². The van der Waals surface area contributed by atoms with Gasteiger partial charge < -0.3 is 25.2 Å². The number of hydrogen-bond acceptors (Lipinski definition) is 5. The predicted octanol–water partition coefficient (Wildman–Crippen LogP) is 2.39. The highest BCUT2D eigenvalue weighted by molar-refractivity contribution is 5.85. The average molecular weight is 369 g/mol. The molecule has 0 radical (unpaired) electrons. The molecule has 136 valence electrons. The second-order valence-electron chi connectivity index (χ2n) is 4.88. The predicted molar refractivity (Wildman–Crippen MR) is 99.5 cm³/mol. The number of benzene rings is 1. The van der Waals surface area contributed by atoms with E-state index in [0.29, 0.717) is 19.8 Å². The van der Waals surface area contributed by atoms with Gasteiger partial charge in [0, 0.05) is 26.2 Å². The van der Waals surface area contributed by atoms with Gasteiger partial charge >= 0.3 is 0 Å². The van der Waals surface area contributed by atoms with Gasteiger partial charge in [-0.1, -0.05) is 6.07 Å². The molecule has 0 heterocycles. The van der Waals surface area contributed by atoms with Crippen molar-refractivity contribution < 1.29 is 14.6 Å². The summed E-state index contributed by atoms with van der Waals surface area (Å²) in [6.45, 7) is 10.1. The van der Waals surface area contributed by atoms with Gasteiger partial charge in [0.25, 0.3) is 0 Å². The van der Waals surface area contributed by atoms with Crippen LogP contribution in [0.5, 0.6) is 11.5 Å². The third kappa shape index (κ3) is 10.6. The van der Waals surface area contributed by atoms with Crippen molar-refractivity contribution in [3.05, 3.63) is 23.8 Å². The Kier molecular flexibility index (Phi) is 15.8.